The predicted octanol–water partition coefficient (Wildman–Crippen LogP) is 1.07. The second-order valence-corrected chi connectivity index (χ2v) is 4.07. The average Bonchev–Trinajstić information content (AvgIpc) is 2.38. The van der Waals surface area contributed by atoms with E-state index in [9.17, 15) is 19.7 Å². The number of hydrogen-bond acceptors (Lipinski definition) is 5. The fourth-order valence-electron chi connectivity index (χ4n) is 1.80. The maximum atomic E-state index is 11.8. The molecule has 20 heavy (non-hydrogen) atoms. The normalized spacial score (nSPS) is 13.1. The van der Waals surface area contributed by atoms with Crippen LogP contribution in [-0.4, -0.2) is 29.4 Å². The largest absolute Gasteiger partial charge is 0.461 e. The summed E-state index contributed by atoms with van der Waals surface area (Å²) in [4.78, 5) is 33.4. The van der Waals surface area contributed by atoms with E-state index in [1.807, 2.05) is 0 Å². The van der Waals surface area contributed by atoms with Gasteiger partial charge in [-0.1, -0.05) is 30.3 Å². The second kappa shape index (κ2) is 7.22. The Morgan fingerprint density at radius 2 is 1.95 bits per heavy atom. The smallest absolute Gasteiger partial charge is 0.384 e. The zero-order valence-electron chi connectivity index (χ0n) is 11.2. The second-order valence-electron chi connectivity index (χ2n) is 4.07. The number of hydrogen-bond donors (Lipinski definition) is 1. The lowest BCUT2D eigenvalue weighted by Crippen LogP contribution is -2.45. The molecule has 0 saturated heterocycles. The molecule has 7 heteroatoms. The highest BCUT2D eigenvalue weighted by Crippen LogP contribution is 2.20. The Hall–Kier alpha value is -2.44. The van der Waals surface area contributed by atoms with Crippen LogP contribution in [0.25, 0.3) is 0 Å². The number of carbonyl (C=O) groups is 2. The molecule has 108 valence electrons. The van der Waals surface area contributed by atoms with Gasteiger partial charge in [-0.25, -0.2) is 4.79 Å². The summed E-state index contributed by atoms with van der Waals surface area (Å²) in [7, 11) is 0. The molecule has 0 saturated carbocycles. The van der Waals surface area contributed by atoms with Crippen LogP contribution in [-0.2, 0) is 14.3 Å². The first kappa shape index (κ1) is 15.6. The van der Waals surface area contributed by atoms with Crippen molar-refractivity contribution in [3.05, 3.63) is 46.0 Å². The Morgan fingerprint density at radius 1 is 1.35 bits per heavy atom. The predicted molar refractivity (Wildman–Crippen MR) is 70.4 cm³/mol. The lowest BCUT2D eigenvalue weighted by Gasteiger charge is -2.20. The van der Waals surface area contributed by atoms with Crippen LogP contribution >= 0.6 is 0 Å². The van der Waals surface area contributed by atoms with Gasteiger partial charge in [-0.05, 0) is 12.5 Å². The molecule has 0 fully saturated rings. The summed E-state index contributed by atoms with van der Waals surface area (Å²) in [5.74, 6) is -1.44. The van der Waals surface area contributed by atoms with Gasteiger partial charge in [0, 0.05) is 11.8 Å². The molecule has 0 spiro atoms. The van der Waals surface area contributed by atoms with Gasteiger partial charge in [0.25, 0.3) is 0 Å². The van der Waals surface area contributed by atoms with Crippen LogP contribution in [0.1, 0.15) is 25.5 Å². The topological polar surface area (TPSA) is 98.5 Å². The van der Waals surface area contributed by atoms with E-state index in [0.717, 1.165) is 0 Å². The minimum absolute atomic E-state index is 0.0325. The number of nitro groups is 1. The van der Waals surface area contributed by atoms with Crippen molar-refractivity contribution in [2.24, 2.45) is 0 Å². The molecule has 1 N–H and O–H groups in total. The lowest BCUT2D eigenvalue weighted by molar-refractivity contribution is -0.515. The van der Waals surface area contributed by atoms with Crippen LogP contribution in [0.3, 0.4) is 0 Å². The van der Waals surface area contributed by atoms with Gasteiger partial charge in [-0.2, -0.15) is 0 Å². The molecule has 0 bridgehead atoms. The lowest BCUT2D eigenvalue weighted by atomic mass is 9.99. The van der Waals surface area contributed by atoms with Crippen molar-refractivity contribution in [1.82, 2.24) is 5.32 Å². The van der Waals surface area contributed by atoms with E-state index in [1.165, 1.54) is 6.92 Å². The van der Waals surface area contributed by atoms with Gasteiger partial charge in [-0.15, -0.1) is 0 Å². The van der Waals surface area contributed by atoms with Crippen LogP contribution in [0.4, 0.5) is 0 Å². The Bertz CT molecular complexity index is 489. The molecule has 1 rings (SSSR count). The maximum absolute atomic E-state index is 11.8. The van der Waals surface area contributed by atoms with Crippen LogP contribution < -0.4 is 5.32 Å². The van der Waals surface area contributed by atoms with Crippen LogP contribution in [0.5, 0.6) is 0 Å². The monoisotopic (exact) mass is 280 g/mol. The zero-order valence-corrected chi connectivity index (χ0v) is 11.2. The van der Waals surface area contributed by atoms with Gasteiger partial charge in [0.2, 0.25) is 5.91 Å². The molecule has 0 aliphatic heterocycles. The summed E-state index contributed by atoms with van der Waals surface area (Å²) >= 11 is 0. The first-order valence-corrected chi connectivity index (χ1v) is 6.09. The third-order valence-corrected chi connectivity index (χ3v) is 2.59. The van der Waals surface area contributed by atoms with E-state index in [4.69, 9.17) is 4.74 Å². The molecule has 1 aromatic carbocycles. The van der Waals surface area contributed by atoms with Crippen molar-refractivity contribution >= 4 is 11.9 Å². The molecule has 0 aliphatic rings. The van der Waals surface area contributed by atoms with Crippen molar-refractivity contribution in [3.8, 4) is 0 Å². The fourth-order valence-corrected chi connectivity index (χ4v) is 1.80. The molecule has 1 aromatic rings. The maximum Gasteiger partial charge on any atom is 0.384 e. The number of rotatable bonds is 6. The summed E-state index contributed by atoms with van der Waals surface area (Å²) < 4.78 is 4.72. The van der Waals surface area contributed by atoms with Gasteiger partial charge in [0.15, 0.2) is 0 Å². The highest BCUT2D eigenvalue weighted by molar-refractivity contribution is 5.78. The van der Waals surface area contributed by atoms with E-state index in [2.05, 4.69) is 5.32 Å². The number of nitrogens with one attached hydrogen (secondary N) is 1. The molecule has 0 aliphatic carbocycles. The quantitative estimate of drug-likeness (QED) is 0.477. The number of ether oxygens (including phenoxy) is 1. The Labute approximate surface area is 116 Å². The molecule has 0 unspecified atom stereocenters. The van der Waals surface area contributed by atoms with Crippen molar-refractivity contribution in [2.45, 2.75) is 25.9 Å². The summed E-state index contributed by atoms with van der Waals surface area (Å²) in [6, 6.07) is 5.55. The Morgan fingerprint density at radius 3 is 2.40 bits per heavy atom. The number of benzene rings is 1. The van der Waals surface area contributed by atoms with Gasteiger partial charge in [0.05, 0.1) is 6.61 Å². The van der Waals surface area contributed by atoms with E-state index in [0.29, 0.717) is 5.56 Å². The molecule has 7 nitrogen and oxygen atoms in total. The SMILES string of the molecule is CCOC(=O)[C@@H]([C@H](NC(C)=O)c1ccccc1)[N+](=O)[O-]. The third-order valence-electron chi connectivity index (χ3n) is 2.59. The van der Waals surface area contributed by atoms with Crippen molar-refractivity contribution in [1.29, 1.82) is 0 Å². The number of nitrogens with zero attached hydrogens (tertiary/aromatic N) is 1. The average molecular weight is 280 g/mol. The van der Waals surface area contributed by atoms with Gasteiger partial charge in [-0.3, -0.25) is 14.9 Å². The number of carbonyl (C=O) groups excluding carboxylic acids is 2. The van der Waals surface area contributed by atoms with Gasteiger partial charge in [0.1, 0.15) is 6.04 Å². The van der Waals surface area contributed by atoms with E-state index in [1.54, 1.807) is 37.3 Å². The van der Waals surface area contributed by atoms with Crippen LogP contribution in [0, 0.1) is 10.1 Å². The van der Waals surface area contributed by atoms with E-state index < -0.39 is 28.9 Å². The van der Waals surface area contributed by atoms with E-state index in [-0.39, 0.29) is 6.61 Å². The standard InChI is InChI=1S/C13H16N2O5/c1-3-20-13(17)12(15(18)19)11(14-9(2)16)10-7-5-4-6-8-10/h4-8,11-12H,3H2,1-2H3,(H,14,16)/t11-,12-/m1/s1. The minimum atomic E-state index is -1.68. The number of amides is 1. The summed E-state index contributed by atoms with van der Waals surface area (Å²) in [6.45, 7) is 2.83. The summed E-state index contributed by atoms with van der Waals surface area (Å²) in [5.41, 5.74) is 0.470. The Kier molecular flexibility index (Phi) is 5.64. The minimum Gasteiger partial charge on any atom is -0.461 e. The molecule has 0 radical (unpaired) electrons. The highest BCUT2D eigenvalue weighted by atomic mass is 16.6. The molecular formula is C13H16N2O5. The van der Waals surface area contributed by atoms with E-state index >= 15 is 0 Å². The van der Waals surface area contributed by atoms with Gasteiger partial charge < -0.3 is 10.1 Å². The molecule has 0 aromatic heterocycles. The van der Waals surface area contributed by atoms with Crippen molar-refractivity contribution < 1.29 is 19.2 Å². The van der Waals surface area contributed by atoms with Crippen LogP contribution in [0.15, 0.2) is 30.3 Å². The highest BCUT2D eigenvalue weighted by Gasteiger charge is 2.41. The third kappa shape index (κ3) is 4.04. The zero-order chi connectivity index (χ0) is 15.1. The first-order valence-electron chi connectivity index (χ1n) is 6.09. The summed E-state index contributed by atoms with van der Waals surface area (Å²) in [5, 5.41) is 13.6. The van der Waals surface area contributed by atoms with Gasteiger partial charge >= 0.3 is 12.0 Å². The fraction of sp³-hybridized carbons (Fsp3) is 0.385. The first-order chi connectivity index (χ1) is 9.47. The molecular weight excluding hydrogens is 264 g/mol. The van der Waals surface area contributed by atoms with Crippen LogP contribution in [0.2, 0.25) is 0 Å². The molecule has 0 heterocycles. The molecule has 1 amide bonds. The number of esters is 1. The Balaban J connectivity index is 3.15. The van der Waals surface area contributed by atoms with Crippen molar-refractivity contribution in [2.75, 3.05) is 6.61 Å². The summed E-state index contributed by atoms with van der Waals surface area (Å²) in [6.07, 6.45) is 0. The molecule has 2 atom stereocenters. The van der Waals surface area contributed by atoms with Crippen molar-refractivity contribution in [3.63, 3.8) is 0 Å².